The van der Waals surface area contributed by atoms with E-state index >= 15 is 0 Å². The molecule has 4 nitrogen and oxygen atoms in total. The molecule has 24 heavy (non-hydrogen) atoms. The van der Waals surface area contributed by atoms with Gasteiger partial charge < -0.3 is 15.4 Å². The number of hydrogen-bond acceptors (Lipinski definition) is 3. The summed E-state index contributed by atoms with van der Waals surface area (Å²) in [6, 6.07) is 14.5. The van der Waals surface area contributed by atoms with E-state index in [9.17, 15) is 4.79 Å². The van der Waals surface area contributed by atoms with Crippen LogP contribution in [0.4, 0.5) is 0 Å². The minimum atomic E-state index is -0.398. The lowest BCUT2D eigenvalue weighted by atomic mass is 9.78. The Bertz CT molecular complexity index is 673. The first-order chi connectivity index (χ1) is 11.2. The van der Waals surface area contributed by atoms with Crippen LogP contribution < -0.4 is 10.6 Å². The van der Waals surface area contributed by atoms with E-state index in [1.165, 1.54) is 10.8 Å². The molecular formula is C19H25ClN2O2. The molecule has 1 aliphatic rings. The van der Waals surface area contributed by atoms with Crippen molar-refractivity contribution in [3.8, 4) is 0 Å². The molecule has 0 aromatic heterocycles. The van der Waals surface area contributed by atoms with Gasteiger partial charge in [0.15, 0.2) is 0 Å². The smallest absolute Gasteiger partial charge is 0.228 e. The molecule has 3 rings (SSSR count). The Morgan fingerprint density at radius 2 is 1.88 bits per heavy atom. The first kappa shape index (κ1) is 18.7. The molecule has 0 radical (unpaired) electrons. The summed E-state index contributed by atoms with van der Waals surface area (Å²) in [7, 11) is 1.67. The summed E-state index contributed by atoms with van der Waals surface area (Å²) in [4.78, 5) is 12.8. The van der Waals surface area contributed by atoms with E-state index in [-0.39, 0.29) is 18.3 Å². The monoisotopic (exact) mass is 348 g/mol. The van der Waals surface area contributed by atoms with Crippen molar-refractivity contribution in [3.63, 3.8) is 0 Å². The van der Waals surface area contributed by atoms with E-state index in [0.717, 1.165) is 31.5 Å². The summed E-state index contributed by atoms with van der Waals surface area (Å²) in [5.41, 5.74) is 0.753. The van der Waals surface area contributed by atoms with E-state index in [2.05, 4.69) is 34.9 Å². The van der Waals surface area contributed by atoms with Crippen LogP contribution in [0.5, 0.6) is 0 Å². The second-order valence-corrected chi connectivity index (χ2v) is 6.28. The molecule has 1 amide bonds. The molecule has 0 atom stereocenters. The number of rotatable bonds is 5. The van der Waals surface area contributed by atoms with Gasteiger partial charge in [0.05, 0.1) is 12.0 Å². The highest BCUT2D eigenvalue weighted by Gasteiger charge is 2.39. The molecule has 5 heteroatoms. The number of benzene rings is 2. The van der Waals surface area contributed by atoms with Gasteiger partial charge in [0.2, 0.25) is 5.91 Å². The highest BCUT2D eigenvalue weighted by atomic mass is 35.5. The third-order valence-corrected chi connectivity index (χ3v) is 4.78. The zero-order valence-corrected chi connectivity index (χ0v) is 14.8. The number of halogens is 1. The number of ether oxygens (including phenoxy) is 1. The number of fused-ring (bicyclic) bond motifs is 1. The summed E-state index contributed by atoms with van der Waals surface area (Å²) >= 11 is 0. The lowest BCUT2D eigenvalue weighted by molar-refractivity contribution is -0.136. The van der Waals surface area contributed by atoms with Crippen molar-refractivity contribution in [1.29, 1.82) is 0 Å². The number of amides is 1. The van der Waals surface area contributed by atoms with E-state index in [0.29, 0.717) is 13.2 Å². The van der Waals surface area contributed by atoms with Crippen molar-refractivity contribution < 1.29 is 9.53 Å². The second-order valence-electron chi connectivity index (χ2n) is 6.28. The minimum Gasteiger partial charge on any atom is -0.384 e. The van der Waals surface area contributed by atoms with E-state index in [4.69, 9.17) is 4.74 Å². The molecule has 1 aliphatic heterocycles. The van der Waals surface area contributed by atoms with Crippen LogP contribution in [0.1, 0.15) is 18.4 Å². The first-order valence-corrected chi connectivity index (χ1v) is 8.20. The average Bonchev–Trinajstić information content (AvgIpc) is 2.60. The summed E-state index contributed by atoms with van der Waals surface area (Å²) < 4.78 is 5.34. The predicted octanol–water partition coefficient (Wildman–Crippen LogP) is 2.89. The van der Waals surface area contributed by atoms with Gasteiger partial charge in [-0.3, -0.25) is 4.79 Å². The maximum absolute atomic E-state index is 12.8. The normalized spacial score (nSPS) is 16.4. The van der Waals surface area contributed by atoms with Gasteiger partial charge in [-0.1, -0.05) is 42.5 Å². The number of methoxy groups -OCH3 is 1. The summed E-state index contributed by atoms with van der Waals surface area (Å²) in [6.07, 6.45) is 1.64. The van der Waals surface area contributed by atoms with Crippen molar-refractivity contribution in [3.05, 3.63) is 48.0 Å². The summed E-state index contributed by atoms with van der Waals surface area (Å²) in [6.45, 7) is 2.77. The molecule has 2 aromatic rings. The molecule has 1 saturated heterocycles. The number of piperidine rings is 1. The Morgan fingerprint density at radius 3 is 2.62 bits per heavy atom. The van der Waals surface area contributed by atoms with Crippen molar-refractivity contribution in [2.45, 2.75) is 19.4 Å². The van der Waals surface area contributed by atoms with Crippen molar-refractivity contribution in [2.75, 3.05) is 26.8 Å². The van der Waals surface area contributed by atoms with E-state index in [1.807, 2.05) is 18.2 Å². The van der Waals surface area contributed by atoms with Gasteiger partial charge in [0, 0.05) is 13.7 Å². The van der Waals surface area contributed by atoms with Crippen LogP contribution in [0.15, 0.2) is 42.5 Å². The summed E-state index contributed by atoms with van der Waals surface area (Å²) in [5, 5.41) is 8.85. The summed E-state index contributed by atoms with van der Waals surface area (Å²) in [5.74, 6) is 0.105. The fraction of sp³-hybridized carbons (Fsp3) is 0.421. The molecule has 0 unspecified atom stereocenters. The topological polar surface area (TPSA) is 50.4 Å². The molecule has 1 heterocycles. The van der Waals surface area contributed by atoms with Crippen LogP contribution in [0.25, 0.3) is 10.8 Å². The van der Waals surface area contributed by atoms with E-state index < -0.39 is 5.41 Å². The Labute approximate surface area is 149 Å². The molecule has 0 saturated carbocycles. The van der Waals surface area contributed by atoms with Crippen LogP contribution in [-0.4, -0.2) is 32.7 Å². The third kappa shape index (κ3) is 3.89. The molecular weight excluding hydrogens is 324 g/mol. The first-order valence-electron chi connectivity index (χ1n) is 8.20. The molecule has 1 fully saturated rings. The Kier molecular flexibility index (Phi) is 6.60. The van der Waals surface area contributed by atoms with Crippen LogP contribution >= 0.6 is 12.4 Å². The number of hydrogen-bond donors (Lipinski definition) is 2. The number of carbonyl (C=O) groups excluding carboxylic acids is 1. The van der Waals surface area contributed by atoms with Gasteiger partial charge in [0.1, 0.15) is 0 Å². The lowest BCUT2D eigenvalue weighted by Gasteiger charge is -2.35. The fourth-order valence-corrected chi connectivity index (χ4v) is 3.43. The zero-order valence-electron chi connectivity index (χ0n) is 14.0. The molecule has 2 N–H and O–H groups in total. The fourth-order valence-electron chi connectivity index (χ4n) is 3.43. The Balaban J connectivity index is 0.00000208. The van der Waals surface area contributed by atoms with Gasteiger partial charge in [-0.05, 0) is 42.3 Å². The van der Waals surface area contributed by atoms with Gasteiger partial charge >= 0.3 is 0 Å². The van der Waals surface area contributed by atoms with Gasteiger partial charge in [-0.25, -0.2) is 0 Å². The maximum Gasteiger partial charge on any atom is 0.228 e. The van der Waals surface area contributed by atoms with Gasteiger partial charge in [-0.2, -0.15) is 0 Å². The van der Waals surface area contributed by atoms with Crippen LogP contribution in [-0.2, 0) is 16.1 Å². The molecule has 0 spiro atoms. The highest BCUT2D eigenvalue weighted by Crippen LogP contribution is 2.29. The number of carbonyl (C=O) groups is 1. The minimum absolute atomic E-state index is 0. The van der Waals surface area contributed by atoms with Crippen molar-refractivity contribution >= 4 is 29.1 Å². The van der Waals surface area contributed by atoms with Crippen molar-refractivity contribution in [2.24, 2.45) is 5.41 Å². The SMILES string of the molecule is COCC1(C(=O)NCc2cccc3ccccc23)CCNCC1.Cl. The maximum atomic E-state index is 12.8. The quantitative estimate of drug-likeness (QED) is 0.873. The lowest BCUT2D eigenvalue weighted by Crippen LogP contribution is -2.49. The van der Waals surface area contributed by atoms with Crippen LogP contribution in [0.2, 0.25) is 0 Å². The highest BCUT2D eigenvalue weighted by molar-refractivity contribution is 5.87. The van der Waals surface area contributed by atoms with Crippen LogP contribution in [0, 0.1) is 5.41 Å². The Morgan fingerprint density at radius 1 is 1.17 bits per heavy atom. The zero-order chi connectivity index (χ0) is 16.1. The molecule has 2 aromatic carbocycles. The predicted molar refractivity (Wildman–Crippen MR) is 99.5 cm³/mol. The molecule has 130 valence electrons. The average molecular weight is 349 g/mol. The van der Waals surface area contributed by atoms with Gasteiger partial charge in [0.25, 0.3) is 0 Å². The molecule has 0 aliphatic carbocycles. The largest absolute Gasteiger partial charge is 0.384 e. The van der Waals surface area contributed by atoms with Gasteiger partial charge in [-0.15, -0.1) is 12.4 Å². The Hall–Kier alpha value is -1.62. The van der Waals surface area contributed by atoms with Crippen molar-refractivity contribution in [1.82, 2.24) is 10.6 Å². The van der Waals surface area contributed by atoms with Crippen LogP contribution in [0.3, 0.4) is 0 Å². The van der Waals surface area contributed by atoms with E-state index in [1.54, 1.807) is 7.11 Å². The number of nitrogens with one attached hydrogen (secondary N) is 2. The second kappa shape index (κ2) is 8.47. The molecule has 0 bridgehead atoms. The standard InChI is InChI=1S/C19H24N2O2.ClH/c1-23-14-19(9-11-20-12-10-19)18(22)21-13-16-7-4-6-15-5-2-3-8-17(15)16;/h2-8,20H,9-14H2,1H3,(H,21,22);1H. The third-order valence-electron chi connectivity index (χ3n) is 4.78.